The van der Waals surface area contributed by atoms with Gasteiger partial charge in [-0.15, -0.1) is 0 Å². The zero-order valence-electron chi connectivity index (χ0n) is 15.0. The molecular weight excluding hydrogens is 372 g/mol. The van der Waals surface area contributed by atoms with Crippen LogP contribution >= 0.6 is 23.4 Å². The van der Waals surface area contributed by atoms with Gasteiger partial charge in [-0.1, -0.05) is 41.6 Å². The summed E-state index contributed by atoms with van der Waals surface area (Å²) in [6.07, 6.45) is 0. The van der Waals surface area contributed by atoms with Gasteiger partial charge in [0.1, 0.15) is 10.7 Å². The first-order chi connectivity index (χ1) is 12.4. The number of carbonyl (C=O) groups excluding carboxylic acids is 1. The highest BCUT2D eigenvalue weighted by Crippen LogP contribution is 2.47. The summed E-state index contributed by atoms with van der Waals surface area (Å²) in [5.74, 6) is 1.42. The maximum Gasteiger partial charge on any atom is 0.216 e. The van der Waals surface area contributed by atoms with Gasteiger partial charge >= 0.3 is 0 Å². The molecule has 0 saturated heterocycles. The molecular formula is C20H19ClO4S. The van der Waals surface area contributed by atoms with Gasteiger partial charge in [0.2, 0.25) is 5.78 Å². The number of ketones is 1. The lowest BCUT2D eigenvalue weighted by atomic mass is 10.1. The first-order valence-electron chi connectivity index (χ1n) is 8.00. The second-order valence-corrected chi connectivity index (χ2v) is 7.69. The summed E-state index contributed by atoms with van der Waals surface area (Å²) in [6, 6.07) is 13.1. The molecule has 0 fully saturated rings. The van der Waals surface area contributed by atoms with Crippen LogP contribution in [-0.4, -0.2) is 25.6 Å². The van der Waals surface area contributed by atoms with Gasteiger partial charge < -0.3 is 14.2 Å². The van der Waals surface area contributed by atoms with Gasteiger partial charge in [-0.25, -0.2) is 0 Å². The van der Waals surface area contributed by atoms with Gasteiger partial charge in [-0.2, -0.15) is 0 Å². The molecule has 1 aliphatic rings. The smallest absolute Gasteiger partial charge is 0.216 e. The number of carbonyl (C=O) groups is 1. The Morgan fingerprint density at radius 1 is 1.04 bits per heavy atom. The van der Waals surface area contributed by atoms with Crippen molar-refractivity contribution in [1.82, 2.24) is 0 Å². The van der Waals surface area contributed by atoms with Crippen molar-refractivity contribution in [3.05, 3.63) is 58.0 Å². The summed E-state index contributed by atoms with van der Waals surface area (Å²) in [5, 5.41) is 0.425. The zero-order valence-corrected chi connectivity index (χ0v) is 16.5. The molecule has 0 spiro atoms. The number of halogens is 1. The summed E-state index contributed by atoms with van der Waals surface area (Å²) in [5.41, 5.74) is -0.357. The van der Waals surface area contributed by atoms with Crippen molar-refractivity contribution in [3.63, 3.8) is 0 Å². The number of Topliss-reactive ketones (excluding diaryl/α,β-unsaturated/α-hetero) is 1. The fourth-order valence-electron chi connectivity index (χ4n) is 2.63. The molecule has 0 atom stereocenters. The third kappa shape index (κ3) is 3.41. The summed E-state index contributed by atoms with van der Waals surface area (Å²) in [6.45, 7) is 3.51. The first-order valence-corrected chi connectivity index (χ1v) is 9.19. The SMILES string of the molecule is COc1cc(Cl)c(C2=C(Sc3ccccc3)C(=O)C(C)(C)O2)cc1OC. The Morgan fingerprint density at radius 3 is 2.27 bits per heavy atom. The maximum absolute atomic E-state index is 12.9. The molecule has 2 aromatic carbocycles. The minimum absolute atomic E-state index is 0.0767. The van der Waals surface area contributed by atoms with E-state index in [-0.39, 0.29) is 5.78 Å². The molecule has 0 bridgehead atoms. The summed E-state index contributed by atoms with van der Waals surface area (Å²) in [7, 11) is 3.09. The van der Waals surface area contributed by atoms with Crippen molar-refractivity contribution < 1.29 is 19.0 Å². The number of rotatable bonds is 5. The van der Waals surface area contributed by atoms with Crippen molar-refractivity contribution in [2.45, 2.75) is 24.3 Å². The van der Waals surface area contributed by atoms with E-state index >= 15 is 0 Å². The Hall–Kier alpha value is -2.11. The van der Waals surface area contributed by atoms with Crippen LogP contribution in [0.5, 0.6) is 11.5 Å². The quantitative estimate of drug-likeness (QED) is 0.702. The minimum atomic E-state index is -0.955. The van der Waals surface area contributed by atoms with Crippen molar-refractivity contribution in [1.29, 1.82) is 0 Å². The number of benzene rings is 2. The van der Waals surface area contributed by atoms with Gasteiger partial charge in [0.05, 0.1) is 19.2 Å². The largest absolute Gasteiger partial charge is 0.493 e. The predicted molar refractivity (Wildman–Crippen MR) is 104 cm³/mol. The molecule has 0 aliphatic carbocycles. The third-order valence-corrected chi connectivity index (χ3v) is 5.39. The molecule has 1 heterocycles. The Balaban J connectivity index is 2.14. The second kappa shape index (κ2) is 7.25. The van der Waals surface area contributed by atoms with Crippen LogP contribution in [-0.2, 0) is 9.53 Å². The van der Waals surface area contributed by atoms with Crippen molar-refractivity contribution in [2.75, 3.05) is 14.2 Å². The molecule has 0 unspecified atom stereocenters. The first kappa shape index (κ1) is 18.7. The average molecular weight is 391 g/mol. The van der Waals surface area contributed by atoms with Crippen LogP contribution in [0.15, 0.2) is 52.3 Å². The van der Waals surface area contributed by atoms with Gasteiger partial charge in [0.15, 0.2) is 17.1 Å². The van der Waals surface area contributed by atoms with Crippen LogP contribution in [0.2, 0.25) is 5.02 Å². The van der Waals surface area contributed by atoms with Crippen LogP contribution in [0.25, 0.3) is 5.76 Å². The minimum Gasteiger partial charge on any atom is -0.493 e. The summed E-state index contributed by atoms with van der Waals surface area (Å²) in [4.78, 5) is 14.4. The standard InChI is InChI=1S/C20H19ClO4S/c1-20(2)19(22)18(26-12-8-6-5-7-9-12)17(25-20)13-10-15(23-3)16(24-4)11-14(13)21/h5-11H,1-4H3. The van der Waals surface area contributed by atoms with Crippen molar-refractivity contribution in [3.8, 4) is 11.5 Å². The van der Waals surface area contributed by atoms with E-state index in [4.69, 9.17) is 25.8 Å². The molecule has 0 radical (unpaired) electrons. The van der Waals surface area contributed by atoms with Crippen molar-refractivity contribution in [2.24, 2.45) is 0 Å². The number of methoxy groups -OCH3 is 2. The van der Waals surface area contributed by atoms with Gasteiger partial charge in [-0.05, 0) is 32.0 Å². The third-order valence-electron chi connectivity index (χ3n) is 4.00. The molecule has 0 N–H and O–H groups in total. The lowest BCUT2D eigenvalue weighted by molar-refractivity contribution is -0.126. The van der Waals surface area contributed by atoms with E-state index in [0.717, 1.165) is 4.90 Å². The molecule has 4 nitrogen and oxygen atoms in total. The molecule has 6 heteroatoms. The van der Waals surface area contributed by atoms with Crippen molar-refractivity contribution >= 4 is 34.9 Å². The summed E-state index contributed by atoms with van der Waals surface area (Å²) >= 11 is 7.83. The number of ether oxygens (including phenoxy) is 3. The van der Waals surface area contributed by atoms with Gasteiger partial charge in [-0.3, -0.25) is 4.79 Å². The maximum atomic E-state index is 12.9. The number of thioether (sulfide) groups is 1. The Kier molecular flexibility index (Phi) is 5.21. The fourth-order valence-corrected chi connectivity index (χ4v) is 3.98. The van der Waals surface area contributed by atoms with Crippen LogP contribution in [0.1, 0.15) is 19.4 Å². The molecule has 26 heavy (non-hydrogen) atoms. The topological polar surface area (TPSA) is 44.8 Å². The molecule has 0 saturated carbocycles. The van der Waals surface area contributed by atoms with E-state index < -0.39 is 5.60 Å². The highest BCUT2D eigenvalue weighted by molar-refractivity contribution is 8.04. The van der Waals surface area contributed by atoms with E-state index in [0.29, 0.717) is 32.7 Å². The second-order valence-electron chi connectivity index (χ2n) is 6.20. The Morgan fingerprint density at radius 2 is 1.65 bits per heavy atom. The van der Waals surface area contributed by atoms with E-state index in [1.54, 1.807) is 40.2 Å². The molecule has 3 rings (SSSR count). The number of hydrogen-bond donors (Lipinski definition) is 0. The van der Waals surface area contributed by atoms with E-state index in [1.807, 2.05) is 30.3 Å². The monoisotopic (exact) mass is 390 g/mol. The van der Waals surface area contributed by atoms with E-state index in [9.17, 15) is 4.79 Å². The molecule has 136 valence electrons. The van der Waals surface area contributed by atoms with Crippen LogP contribution in [0.3, 0.4) is 0 Å². The molecule has 2 aromatic rings. The molecule has 0 amide bonds. The zero-order chi connectivity index (χ0) is 18.9. The van der Waals surface area contributed by atoms with Gasteiger partial charge in [0.25, 0.3) is 0 Å². The van der Waals surface area contributed by atoms with E-state index in [1.165, 1.54) is 11.8 Å². The highest BCUT2D eigenvalue weighted by atomic mass is 35.5. The fraction of sp³-hybridized carbons (Fsp3) is 0.250. The predicted octanol–water partition coefficient (Wildman–Crippen LogP) is 5.20. The number of hydrogen-bond acceptors (Lipinski definition) is 5. The molecule has 1 aliphatic heterocycles. The normalized spacial score (nSPS) is 15.8. The molecule has 0 aromatic heterocycles. The van der Waals surface area contributed by atoms with E-state index in [2.05, 4.69) is 0 Å². The average Bonchev–Trinajstić information content (AvgIpc) is 2.85. The Labute approximate surface area is 162 Å². The van der Waals surface area contributed by atoms with Crippen LogP contribution in [0, 0.1) is 0 Å². The highest BCUT2D eigenvalue weighted by Gasteiger charge is 2.43. The lowest BCUT2D eigenvalue weighted by Gasteiger charge is -2.19. The Bertz CT molecular complexity index is 875. The van der Waals surface area contributed by atoms with Gasteiger partial charge in [0, 0.05) is 16.5 Å². The van der Waals surface area contributed by atoms with Crippen LogP contribution in [0.4, 0.5) is 0 Å². The lowest BCUT2D eigenvalue weighted by Crippen LogP contribution is -2.29. The summed E-state index contributed by atoms with van der Waals surface area (Å²) < 4.78 is 16.7. The van der Waals surface area contributed by atoms with Crippen LogP contribution < -0.4 is 9.47 Å².